The van der Waals surface area contributed by atoms with Crippen LogP contribution in [0.1, 0.15) is 32.8 Å². The average Bonchev–Trinajstić information content (AvgIpc) is 3.15. The van der Waals surface area contributed by atoms with Gasteiger partial charge in [0.05, 0.1) is 53.8 Å². The van der Waals surface area contributed by atoms with Crippen LogP contribution in [0.4, 0.5) is 0 Å². The minimum atomic E-state index is -4.24. The van der Waals surface area contributed by atoms with Crippen molar-refractivity contribution in [3.05, 3.63) is 107 Å². The summed E-state index contributed by atoms with van der Waals surface area (Å²) in [5.41, 5.74) is 13.2. The van der Waals surface area contributed by atoms with Crippen molar-refractivity contribution >= 4 is 22.0 Å². The molecular weight excluding hydrogens is 676 g/mol. The van der Waals surface area contributed by atoms with Crippen LogP contribution in [0.2, 0.25) is 0 Å². The smallest absolute Gasteiger partial charge is 0.171 e. The Labute approximate surface area is 299 Å². The van der Waals surface area contributed by atoms with Crippen LogP contribution < -0.4 is 49.4 Å². The summed E-state index contributed by atoms with van der Waals surface area (Å²) >= 11 is 0. The van der Waals surface area contributed by atoms with Crippen LogP contribution in [0.25, 0.3) is 12.2 Å². The summed E-state index contributed by atoms with van der Waals surface area (Å²) in [5.74, 6) is 3.49. The number of hydrogen-bond acceptors (Lipinski definition) is 12. The molecule has 0 saturated carbocycles. The first kappa shape index (κ1) is 38.4. The van der Waals surface area contributed by atoms with E-state index in [1.807, 2.05) is 0 Å². The molecule has 0 heterocycles. The van der Waals surface area contributed by atoms with Gasteiger partial charge in [-0.1, -0.05) is 36.4 Å². The number of rotatable bonds is 18. The molecule has 0 radical (unpaired) electrons. The number of ether oxygens (including phenoxy) is 8. The number of hydrogen-bond donors (Lipinski definition) is 2. The van der Waals surface area contributed by atoms with Crippen molar-refractivity contribution < 1.29 is 46.3 Å². The zero-order chi connectivity index (χ0) is 37.0. The Kier molecular flexibility index (Phi) is 13.6. The van der Waals surface area contributed by atoms with E-state index in [4.69, 9.17) is 49.4 Å². The van der Waals surface area contributed by atoms with Crippen molar-refractivity contribution in [2.75, 3.05) is 56.1 Å². The van der Waals surface area contributed by atoms with Crippen LogP contribution >= 0.6 is 0 Å². The molecule has 272 valence electrons. The lowest BCUT2D eigenvalue weighted by molar-refractivity contribution is 0.329. The van der Waals surface area contributed by atoms with Gasteiger partial charge in [0.25, 0.3) is 0 Å². The van der Waals surface area contributed by atoms with Crippen LogP contribution in [0.3, 0.4) is 0 Å². The van der Waals surface area contributed by atoms with Gasteiger partial charge in [0, 0.05) is 24.3 Å². The Balaban J connectivity index is 1.99. The fraction of sp³-hybridized carbons (Fsp3) is 0.263. The van der Waals surface area contributed by atoms with Crippen molar-refractivity contribution in [3.8, 4) is 46.0 Å². The Bertz CT molecular complexity index is 1760. The third kappa shape index (κ3) is 9.06. The molecule has 4 N–H and O–H groups in total. The highest BCUT2D eigenvalue weighted by molar-refractivity contribution is 7.92. The molecule has 0 spiro atoms. The quantitative estimate of drug-likeness (QED) is 0.116. The summed E-state index contributed by atoms with van der Waals surface area (Å²) in [7, 11) is 4.85. The van der Waals surface area contributed by atoms with E-state index in [2.05, 4.69) is 0 Å². The van der Waals surface area contributed by atoms with Crippen LogP contribution in [0.15, 0.2) is 84.9 Å². The topological polar surface area (TPSA) is 160 Å². The molecule has 4 rings (SSSR count). The van der Waals surface area contributed by atoms with Crippen molar-refractivity contribution in [2.45, 2.75) is 10.5 Å². The van der Waals surface area contributed by atoms with Crippen LogP contribution in [-0.2, 0) is 9.84 Å². The number of sulfone groups is 1. The van der Waals surface area contributed by atoms with E-state index in [-0.39, 0.29) is 13.5 Å². The lowest BCUT2D eigenvalue weighted by Crippen LogP contribution is -2.19. The van der Waals surface area contributed by atoms with E-state index in [1.54, 1.807) is 97.1 Å². The molecule has 0 aromatic heterocycles. The summed E-state index contributed by atoms with van der Waals surface area (Å²) in [6.45, 7) is -0.191. The predicted octanol–water partition coefficient (Wildman–Crippen LogP) is 5.95. The zero-order valence-corrected chi connectivity index (χ0v) is 30.3. The first-order valence-electron chi connectivity index (χ1n) is 15.7. The molecule has 51 heavy (non-hydrogen) atoms. The minimum Gasteiger partial charge on any atom is -0.496 e. The van der Waals surface area contributed by atoms with Gasteiger partial charge in [0.2, 0.25) is 0 Å². The maximum absolute atomic E-state index is 15.2. The largest absolute Gasteiger partial charge is 0.496 e. The van der Waals surface area contributed by atoms with Gasteiger partial charge in [-0.3, -0.25) is 11.5 Å². The Morgan fingerprint density at radius 1 is 0.529 bits per heavy atom. The molecular formula is C38H44N2O10S. The Morgan fingerprint density at radius 3 is 1.18 bits per heavy atom. The monoisotopic (exact) mass is 720 g/mol. The number of benzene rings is 4. The third-order valence-electron chi connectivity index (χ3n) is 7.96. The molecule has 0 aliphatic heterocycles. The first-order valence-corrected chi connectivity index (χ1v) is 17.3. The fourth-order valence-corrected chi connectivity index (χ4v) is 7.46. The summed E-state index contributed by atoms with van der Waals surface area (Å²) in [6, 6.07) is 20.3. The van der Waals surface area contributed by atoms with E-state index < -0.39 is 20.3 Å². The Morgan fingerprint density at radius 2 is 0.882 bits per heavy atom. The maximum atomic E-state index is 15.2. The van der Waals surface area contributed by atoms with E-state index in [0.717, 1.165) is 0 Å². The molecule has 0 amide bonds. The zero-order valence-electron chi connectivity index (χ0n) is 29.5. The summed E-state index contributed by atoms with van der Waals surface area (Å²) in [4.78, 5) is 0. The fourth-order valence-electron chi connectivity index (χ4n) is 5.49. The molecule has 4 aromatic carbocycles. The van der Waals surface area contributed by atoms with Crippen molar-refractivity contribution in [3.63, 3.8) is 0 Å². The molecule has 0 aliphatic rings. The van der Waals surface area contributed by atoms with Crippen LogP contribution in [0, 0.1) is 0 Å². The average molecular weight is 721 g/mol. The second-order valence-electron chi connectivity index (χ2n) is 10.8. The molecule has 0 saturated heterocycles. The molecule has 0 bridgehead atoms. The lowest BCUT2D eigenvalue weighted by Gasteiger charge is -2.23. The highest BCUT2D eigenvalue weighted by Gasteiger charge is 2.34. The standard InChI is InChI=1S/C38H44N2O10S/c1-43-29-19-33(45-3)31(34(20-29)46-4)13-15-37(25-9-7-11-27(17-25)49-23-39)51(41,42)38(26-10-8-12-28(18-26)50-24-40)16-14-32-35(47-5)21-30(44-2)22-36(32)48-6/h7-22,37-38H,23-24,39-40H2,1-6H3/b15-13+,16-14+. The van der Waals surface area contributed by atoms with Gasteiger partial charge < -0.3 is 37.9 Å². The summed E-state index contributed by atoms with van der Waals surface area (Å²) in [6.07, 6.45) is 6.47. The van der Waals surface area contributed by atoms with Gasteiger partial charge in [0.1, 0.15) is 70.0 Å². The van der Waals surface area contributed by atoms with Gasteiger partial charge >= 0.3 is 0 Å². The SMILES string of the molecule is COc1cc(OC)c(/C=C/C(c2cccc(OCN)c2)S(=O)(=O)C(/C=C/c2c(OC)cc(OC)cc2OC)c2cccc(OCN)c2)c(OC)c1. The van der Waals surface area contributed by atoms with Gasteiger partial charge in [-0.2, -0.15) is 0 Å². The highest BCUT2D eigenvalue weighted by Crippen LogP contribution is 2.42. The van der Waals surface area contributed by atoms with Crippen LogP contribution in [-0.4, -0.2) is 64.5 Å². The minimum absolute atomic E-state index is 0.0955. The molecule has 0 fully saturated rings. The summed E-state index contributed by atoms with van der Waals surface area (Å²) < 4.78 is 75.0. The van der Waals surface area contributed by atoms with Gasteiger partial charge in [0.15, 0.2) is 9.84 Å². The molecule has 0 aliphatic carbocycles. The van der Waals surface area contributed by atoms with Crippen molar-refractivity contribution in [1.29, 1.82) is 0 Å². The Hall–Kier alpha value is -5.37. The molecule has 2 unspecified atom stereocenters. The van der Waals surface area contributed by atoms with E-state index >= 15 is 8.42 Å². The first-order chi connectivity index (χ1) is 24.7. The van der Waals surface area contributed by atoms with Gasteiger partial charge in [-0.15, -0.1) is 0 Å². The third-order valence-corrected chi connectivity index (χ3v) is 10.2. The van der Waals surface area contributed by atoms with Crippen molar-refractivity contribution in [1.82, 2.24) is 0 Å². The van der Waals surface area contributed by atoms with E-state index in [0.29, 0.717) is 68.2 Å². The van der Waals surface area contributed by atoms with E-state index in [1.165, 1.54) is 42.7 Å². The normalized spacial score (nSPS) is 12.7. The van der Waals surface area contributed by atoms with E-state index in [9.17, 15) is 0 Å². The highest BCUT2D eigenvalue weighted by atomic mass is 32.2. The maximum Gasteiger partial charge on any atom is 0.171 e. The van der Waals surface area contributed by atoms with Gasteiger partial charge in [-0.25, -0.2) is 8.42 Å². The molecule has 4 aromatic rings. The number of methoxy groups -OCH3 is 6. The van der Waals surface area contributed by atoms with Crippen molar-refractivity contribution in [2.24, 2.45) is 11.5 Å². The predicted molar refractivity (Wildman–Crippen MR) is 197 cm³/mol. The lowest BCUT2D eigenvalue weighted by atomic mass is 10.1. The second kappa shape index (κ2) is 18.0. The molecule has 12 nitrogen and oxygen atoms in total. The summed E-state index contributed by atoms with van der Waals surface area (Å²) in [5, 5.41) is -2.47. The van der Waals surface area contributed by atoms with Gasteiger partial charge in [-0.05, 0) is 47.5 Å². The molecule has 13 heteroatoms. The second-order valence-corrected chi connectivity index (χ2v) is 13.0. The number of nitrogens with two attached hydrogens (primary N) is 2. The van der Waals surface area contributed by atoms with Crippen LogP contribution in [0.5, 0.6) is 46.0 Å². The molecule has 2 atom stereocenters.